The van der Waals surface area contributed by atoms with E-state index in [1.165, 1.54) is 0 Å². The number of rotatable bonds is 7. The summed E-state index contributed by atoms with van der Waals surface area (Å²) in [7, 11) is 1.65. The lowest BCUT2D eigenvalue weighted by molar-refractivity contribution is -0.116. The first-order chi connectivity index (χ1) is 13.0. The maximum Gasteiger partial charge on any atom is 0.226 e. The Labute approximate surface area is 159 Å². The molecule has 0 fully saturated rings. The Hall–Kier alpha value is -3.09. The van der Waals surface area contributed by atoms with Crippen LogP contribution in [0.25, 0.3) is 0 Å². The number of carbonyl (C=O) groups excluding carboxylic acids is 1. The zero-order valence-electron chi connectivity index (χ0n) is 16.2. The van der Waals surface area contributed by atoms with Gasteiger partial charge in [0.25, 0.3) is 0 Å². The van der Waals surface area contributed by atoms with Crippen LogP contribution in [-0.2, 0) is 17.9 Å². The molecule has 2 heterocycles. The molecule has 0 aliphatic carbocycles. The molecule has 3 rings (SSSR count). The third kappa shape index (κ3) is 4.36. The minimum atomic E-state index is -0.0444. The van der Waals surface area contributed by atoms with E-state index in [4.69, 9.17) is 4.74 Å². The molecule has 7 nitrogen and oxygen atoms in total. The van der Waals surface area contributed by atoms with E-state index in [0.29, 0.717) is 19.5 Å². The molecule has 27 heavy (non-hydrogen) atoms. The molecule has 142 valence electrons. The molecule has 0 spiro atoms. The van der Waals surface area contributed by atoms with Crippen LogP contribution in [-0.4, -0.2) is 32.6 Å². The largest absolute Gasteiger partial charge is 0.497 e. The van der Waals surface area contributed by atoms with Crippen LogP contribution >= 0.6 is 0 Å². The topological polar surface area (TPSA) is 74.0 Å². The second-order valence-electron chi connectivity index (χ2n) is 6.55. The van der Waals surface area contributed by atoms with Gasteiger partial charge in [0, 0.05) is 24.9 Å². The number of nitrogens with zero attached hydrogens (tertiary/aromatic N) is 4. The van der Waals surface area contributed by atoms with Crippen LogP contribution in [0, 0.1) is 20.8 Å². The SMILES string of the molecule is COc1cccc(Cn2nc(C)c(NC(=O)CCn3nccc3C)c2C)c1. The van der Waals surface area contributed by atoms with Gasteiger partial charge in [0.2, 0.25) is 5.91 Å². The average Bonchev–Trinajstić information content (AvgIpc) is 3.18. The Morgan fingerprint density at radius 2 is 2.00 bits per heavy atom. The maximum absolute atomic E-state index is 12.4. The molecule has 0 unspecified atom stereocenters. The van der Waals surface area contributed by atoms with Gasteiger partial charge >= 0.3 is 0 Å². The summed E-state index contributed by atoms with van der Waals surface area (Å²) in [5, 5.41) is 11.8. The summed E-state index contributed by atoms with van der Waals surface area (Å²) >= 11 is 0. The molecule has 0 atom stereocenters. The summed E-state index contributed by atoms with van der Waals surface area (Å²) < 4.78 is 9.00. The van der Waals surface area contributed by atoms with E-state index < -0.39 is 0 Å². The van der Waals surface area contributed by atoms with Gasteiger partial charge in [0.15, 0.2) is 0 Å². The van der Waals surface area contributed by atoms with Crippen molar-refractivity contribution in [3.05, 3.63) is 59.2 Å². The number of aromatic nitrogens is 4. The number of hydrogen-bond donors (Lipinski definition) is 1. The predicted molar refractivity (Wildman–Crippen MR) is 104 cm³/mol. The predicted octanol–water partition coefficient (Wildman–Crippen LogP) is 3.09. The summed E-state index contributed by atoms with van der Waals surface area (Å²) in [6, 6.07) is 9.82. The zero-order valence-corrected chi connectivity index (χ0v) is 16.2. The molecule has 1 aromatic carbocycles. The number of aryl methyl sites for hydroxylation is 3. The number of methoxy groups -OCH3 is 1. The standard InChI is InChI=1S/C20H25N5O2/c1-14-8-10-21-24(14)11-9-19(26)22-20-15(2)23-25(16(20)3)13-17-6-5-7-18(12-17)27-4/h5-8,10,12H,9,11,13H2,1-4H3,(H,22,26). The monoisotopic (exact) mass is 367 g/mol. The fourth-order valence-corrected chi connectivity index (χ4v) is 3.02. The minimum absolute atomic E-state index is 0.0444. The quantitative estimate of drug-likeness (QED) is 0.696. The van der Waals surface area contributed by atoms with Gasteiger partial charge in [-0.3, -0.25) is 14.2 Å². The zero-order chi connectivity index (χ0) is 19.4. The van der Waals surface area contributed by atoms with E-state index in [2.05, 4.69) is 15.5 Å². The highest BCUT2D eigenvalue weighted by atomic mass is 16.5. The Balaban J connectivity index is 1.67. The first kappa shape index (κ1) is 18.7. The van der Waals surface area contributed by atoms with Gasteiger partial charge in [-0.25, -0.2) is 0 Å². The molecule has 3 aromatic rings. The Bertz CT molecular complexity index is 942. The Morgan fingerprint density at radius 3 is 2.70 bits per heavy atom. The Morgan fingerprint density at radius 1 is 1.19 bits per heavy atom. The molecule has 1 amide bonds. The Kier molecular flexibility index (Phi) is 5.59. The van der Waals surface area contributed by atoms with E-state index in [1.54, 1.807) is 13.3 Å². The van der Waals surface area contributed by atoms with E-state index >= 15 is 0 Å². The smallest absolute Gasteiger partial charge is 0.226 e. The maximum atomic E-state index is 12.4. The van der Waals surface area contributed by atoms with Gasteiger partial charge in [0.05, 0.1) is 30.7 Å². The molecule has 1 N–H and O–H groups in total. The van der Waals surface area contributed by atoms with Crippen molar-refractivity contribution in [1.29, 1.82) is 0 Å². The lowest BCUT2D eigenvalue weighted by Crippen LogP contribution is -2.16. The number of carbonyl (C=O) groups is 1. The lowest BCUT2D eigenvalue weighted by atomic mass is 10.2. The highest BCUT2D eigenvalue weighted by molar-refractivity contribution is 5.91. The van der Waals surface area contributed by atoms with Crippen LogP contribution in [0.1, 0.15) is 29.1 Å². The van der Waals surface area contributed by atoms with E-state index in [-0.39, 0.29) is 5.91 Å². The molecular formula is C20H25N5O2. The van der Waals surface area contributed by atoms with Crippen molar-refractivity contribution >= 4 is 11.6 Å². The van der Waals surface area contributed by atoms with Crippen molar-refractivity contribution in [3.63, 3.8) is 0 Å². The first-order valence-corrected chi connectivity index (χ1v) is 8.93. The number of nitrogens with one attached hydrogen (secondary N) is 1. The average molecular weight is 367 g/mol. The number of amides is 1. The number of hydrogen-bond acceptors (Lipinski definition) is 4. The molecule has 0 radical (unpaired) electrons. The number of anilines is 1. The molecule has 0 saturated carbocycles. The highest BCUT2D eigenvalue weighted by Crippen LogP contribution is 2.22. The molecule has 0 bridgehead atoms. The normalized spacial score (nSPS) is 10.8. The third-order valence-electron chi connectivity index (χ3n) is 4.59. The van der Waals surface area contributed by atoms with Gasteiger partial charge in [0.1, 0.15) is 5.75 Å². The van der Waals surface area contributed by atoms with Crippen molar-refractivity contribution in [2.24, 2.45) is 0 Å². The van der Waals surface area contributed by atoms with Crippen molar-refractivity contribution in [2.75, 3.05) is 12.4 Å². The highest BCUT2D eigenvalue weighted by Gasteiger charge is 2.15. The van der Waals surface area contributed by atoms with Crippen molar-refractivity contribution in [1.82, 2.24) is 19.6 Å². The van der Waals surface area contributed by atoms with E-state index in [9.17, 15) is 4.79 Å². The van der Waals surface area contributed by atoms with E-state index in [0.717, 1.165) is 34.1 Å². The fourth-order valence-electron chi connectivity index (χ4n) is 3.02. The molecule has 0 aliphatic heterocycles. The molecule has 7 heteroatoms. The molecule has 0 saturated heterocycles. The van der Waals surface area contributed by atoms with Gasteiger partial charge in [-0.15, -0.1) is 0 Å². The van der Waals surface area contributed by atoms with Crippen molar-refractivity contribution in [2.45, 2.75) is 40.3 Å². The summed E-state index contributed by atoms with van der Waals surface area (Å²) in [5.41, 5.74) is 4.64. The number of benzene rings is 1. The summed E-state index contributed by atoms with van der Waals surface area (Å²) in [4.78, 5) is 12.4. The van der Waals surface area contributed by atoms with Gasteiger partial charge < -0.3 is 10.1 Å². The molecular weight excluding hydrogens is 342 g/mol. The fraction of sp³-hybridized carbons (Fsp3) is 0.350. The molecule has 0 aliphatic rings. The second kappa shape index (κ2) is 8.07. The van der Waals surface area contributed by atoms with Crippen LogP contribution in [0.4, 0.5) is 5.69 Å². The van der Waals surface area contributed by atoms with Gasteiger partial charge in [-0.1, -0.05) is 12.1 Å². The van der Waals surface area contributed by atoms with Gasteiger partial charge in [-0.05, 0) is 44.5 Å². The summed E-state index contributed by atoms with van der Waals surface area (Å²) in [6.07, 6.45) is 2.10. The van der Waals surface area contributed by atoms with Crippen LogP contribution in [0.15, 0.2) is 36.5 Å². The molecule has 2 aromatic heterocycles. The summed E-state index contributed by atoms with van der Waals surface area (Å²) in [6.45, 7) is 7.02. The third-order valence-corrected chi connectivity index (χ3v) is 4.59. The first-order valence-electron chi connectivity index (χ1n) is 8.93. The summed E-state index contributed by atoms with van der Waals surface area (Å²) in [5.74, 6) is 0.772. The van der Waals surface area contributed by atoms with Crippen LogP contribution < -0.4 is 10.1 Å². The van der Waals surface area contributed by atoms with Crippen LogP contribution in [0.5, 0.6) is 5.75 Å². The number of ether oxygens (including phenoxy) is 1. The van der Waals surface area contributed by atoms with Crippen LogP contribution in [0.3, 0.4) is 0 Å². The van der Waals surface area contributed by atoms with Crippen molar-refractivity contribution in [3.8, 4) is 5.75 Å². The van der Waals surface area contributed by atoms with Gasteiger partial charge in [-0.2, -0.15) is 10.2 Å². The second-order valence-corrected chi connectivity index (χ2v) is 6.55. The van der Waals surface area contributed by atoms with Crippen LogP contribution in [0.2, 0.25) is 0 Å². The van der Waals surface area contributed by atoms with Crippen molar-refractivity contribution < 1.29 is 9.53 Å². The minimum Gasteiger partial charge on any atom is -0.497 e. The lowest BCUT2D eigenvalue weighted by Gasteiger charge is -2.09. The van der Waals surface area contributed by atoms with E-state index in [1.807, 2.05) is 60.5 Å².